The highest BCUT2D eigenvalue weighted by atomic mass is 16.2. The summed E-state index contributed by atoms with van der Waals surface area (Å²) in [5.41, 5.74) is 0.507. The molecule has 4 fully saturated rings. The van der Waals surface area contributed by atoms with Crippen LogP contribution in [0.5, 0.6) is 0 Å². The second-order valence-corrected chi connectivity index (χ2v) is 6.97. The number of amides is 1. The van der Waals surface area contributed by atoms with E-state index in [4.69, 9.17) is 0 Å². The Balaban J connectivity index is 1.27. The van der Waals surface area contributed by atoms with Gasteiger partial charge in [-0.3, -0.25) is 9.69 Å². The summed E-state index contributed by atoms with van der Waals surface area (Å²) in [6.07, 6.45) is 9.33. The zero-order chi connectivity index (χ0) is 12.2. The van der Waals surface area contributed by atoms with Crippen LogP contribution in [0.1, 0.15) is 44.9 Å². The van der Waals surface area contributed by atoms with Gasteiger partial charge in [0, 0.05) is 25.0 Å². The van der Waals surface area contributed by atoms with Crippen molar-refractivity contribution in [3.8, 4) is 0 Å². The lowest BCUT2D eigenvalue weighted by molar-refractivity contribution is -0.141. The van der Waals surface area contributed by atoms with Gasteiger partial charge in [0.15, 0.2) is 0 Å². The van der Waals surface area contributed by atoms with Gasteiger partial charge in [-0.25, -0.2) is 0 Å². The molecule has 18 heavy (non-hydrogen) atoms. The molecule has 100 valence electrons. The van der Waals surface area contributed by atoms with Crippen molar-refractivity contribution in [1.82, 2.24) is 9.80 Å². The monoisotopic (exact) mass is 248 g/mol. The highest BCUT2D eigenvalue weighted by Gasteiger charge is 2.62. The lowest BCUT2D eigenvalue weighted by Gasteiger charge is -2.47. The summed E-state index contributed by atoms with van der Waals surface area (Å²) < 4.78 is 0. The van der Waals surface area contributed by atoms with Crippen LogP contribution in [-0.4, -0.2) is 47.9 Å². The first-order valence-electron chi connectivity index (χ1n) is 7.81. The Hall–Kier alpha value is -0.570. The van der Waals surface area contributed by atoms with Crippen molar-refractivity contribution in [2.24, 2.45) is 11.3 Å². The largest absolute Gasteiger partial charge is 0.339 e. The van der Waals surface area contributed by atoms with Crippen molar-refractivity contribution in [2.75, 3.05) is 26.2 Å². The summed E-state index contributed by atoms with van der Waals surface area (Å²) >= 11 is 0. The van der Waals surface area contributed by atoms with E-state index < -0.39 is 0 Å². The van der Waals surface area contributed by atoms with Crippen molar-refractivity contribution < 1.29 is 4.79 Å². The first-order chi connectivity index (χ1) is 8.78. The van der Waals surface area contributed by atoms with Crippen LogP contribution in [0.4, 0.5) is 0 Å². The Morgan fingerprint density at radius 1 is 1.00 bits per heavy atom. The molecule has 0 aromatic rings. The van der Waals surface area contributed by atoms with Gasteiger partial charge in [0.1, 0.15) is 0 Å². The third kappa shape index (κ3) is 1.63. The summed E-state index contributed by atoms with van der Waals surface area (Å²) in [4.78, 5) is 17.1. The Bertz CT molecular complexity index is 352. The maximum absolute atomic E-state index is 12.3. The first-order valence-corrected chi connectivity index (χ1v) is 7.81. The molecule has 3 heteroatoms. The second-order valence-electron chi connectivity index (χ2n) is 6.97. The van der Waals surface area contributed by atoms with E-state index in [0.717, 1.165) is 13.1 Å². The second kappa shape index (κ2) is 3.96. The van der Waals surface area contributed by atoms with Crippen LogP contribution < -0.4 is 0 Å². The van der Waals surface area contributed by atoms with E-state index in [9.17, 15) is 4.79 Å². The minimum atomic E-state index is 0.425. The van der Waals surface area contributed by atoms with Gasteiger partial charge >= 0.3 is 0 Å². The summed E-state index contributed by atoms with van der Waals surface area (Å²) in [6, 6.07) is 0.686. The van der Waals surface area contributed by atoms with Crippen LogP contribution in [0.3, 0.4) is 0 Å². The smallest absolute Gasteiger partial charge is 0.226 e. The topological polar surface area (TPSA) is 23.6 Å². The van der Waals surface area contributed by atoms with E-state index >= 15 is 0 Å². The molecule has 2 aliphatic heterocycles. The molecule has 1 spiro atoms. The predicted molar refractivity (Wildman–Crippen MR) is 70.2 cm³/mol. The highest BCUT2D eigenvalue weighted by Crippen LogP contribution is 2.66. The minimum Gasteiger partial charge on any atom is -0.339 e. The molecule has 2 heterocycles. The van der Waals surface area contributed by atoms with E-state index in [1.807, 2.05) is 0 Å². The quantitative estimate of drug-likeness (QED) is 0.745. The average molecular weight is 248 g/mol. The van der Waals surface area contributed by atoms with Crippen molar-refractivity contribution in [1.29, 1.82) is 0 Å². The molecule has 1 amide bonds. The first kappa shape index (κ1) is 11.3. The maximum Gasteiger partial charge on any atom is 0.226 e. The third-order valence-corrected chi connectivity index (χ3v) is 5.92. The molecular weight excluding hydrogens is 224 g/mol. The number of rotatable bonds is 2. The molecule has 1 unspecified atom stereocenters. The van der Waals surface area contributed by atoms with Gasteiger partial charge in [0.2, 0.25) is 5.91 Å². The van der Waals surface area contributed by atoms with Gasteiger partial charge in [-0.1, -0.05) is 12.8 Å². The van der Waals surface area contributed by atoms with Gasteiger partial charge in [-0.05, 0) is 50.6 Å². The molecule has 2 saturated heterocycles. The SMILES string of the molecule is O=C(C1CC12CCC2)N1CC(N2CCCCC2)C1. The average Bonchev–Trinajstić information content (AvgIpc) is 3.03. The number of likely N-dealkylation sites (tertiary alicyclic amines) is 2. The fourth-order valence-corrected chi connectivity index (χ4v) is 4.25. The van der Waals surface area contributed by atoms with E-state index in [1.54, 1.807) is 0 Å². The molecular formula is C15H24N2O. The summed E-state index contributed by atoms with van der Waals surface area (Å²) in [6.45, 7) is 4.57. The number of nitrogens with zero attached hydrogens (tertiary/aromatic N) is 2. The highest BCUT2D eigenvalue weighted by molar-refractivity contribution is 5.83. The fraction of sp³-hybridized carbons (Fsp3) is 0.933. The predicted octanol–water partition coefficient (Wildman–Crippen LogP) is 1.87. The number of carbonyl (C=O) groups is 1. The van der Waals surface area contributed by atoms with Crippen LogP contribution in [0, 0.1) is 11.3 Å². The zero-order valence-electron chi connectivity index (χ0n) is 11.2. The van der Waals surface area contributed by atoms with E-state index in [2.05, 4.69) is 9.80 Å². The lowest BCUT2D eigenvalue weighted by atomic mass is 9.79. The Kier molecular flexibility index (Phi) is 2.48. The van der Waals surface area contributed by atoms with Crippen molar-refractivity contribution >= 4 is 5.91 Å². The van der Waals surface area contributed by atoms with Crippen LogP contribution in [0.2, 0.25) is 0 Å². The Labute approximate surface area is 110 Å². The van der Waals surface area contributed by atoms with Crippen LogP contribution in [-0.2, 0) is 4.79 Å². The molecule has 2 saturated carbocycles. The van der Waals surface area contributed by atoms with Gasteiger partial charge in [-0.15, -0.1) is 0 Å². The molecule has 0 aromatic carbocycles. The van der Waals surface area contributed by atoms with E-state index in [0.29, 0.717) is 23.3 Å². The molecule has 0 radical (unpaired) electrons. The molecule has 4 aliphatic rings. The lowest BCUT2D eigenvalue weighted by Crippen LogP contribution is -2.62. The van der Waals surface area contributed by atoms with Gasteiger partial charge in [-0.2, -0.15) is 0 Å². The molecule has 4 rings (SSSR count). The van der Waals surface area contributed by atoms with Gasteiger partial charge in [0.25, 0.3) is 0 Å². The van der Waals surface area contributed by atoms with Crippen LogP contribution in [0.15, 0.2) is 0 Å². The maximum atomic E-state index is 12.3. The zero-order valence-corrected chi connectivity index (χ0v) is 11.2. The third-order valence-electron chi connectivity index (χ3n) is 5.92. The van der Waals surface area contributed by atoms with Crippen molar-refractivity contribution in [2.45, 2.75) is 51.0 Å². The molecule has 3 nitrogen and oxygen atoms in total. The number of carbonyl (C=O) groups excluding carboxylic acids is 1. The Morgan fingerprint density at radius 3 is 2.28 bits per heavy atom. The van der Waals surface area contributed by atoms with Crippen molar-refractivity contribution in [3.63, 3.8) is 0 Å². The molecule has 0 bridgehead atoms. The Morgan fingerprint density at radius 2 is 1.72 bits per heavy atom. The van der Waals surface area contributed by atoms with E-state index in [-0.39, 0.29) is 0 Å². The van der Waals surface area contributed by atoms with Gasteiger partial charge < -0.3 is 4.90 Å². The number of hydrogen-bond acceptors (Lipinski definition) is 2. The summed E-state index contributed by atoms with van der Waals surface area (Å²) in [5.74, 6) is 0.913. The molecule has 1 atom stereocenters. The normalized spacial score (nSPS) is 35.1. The number of piperidine rings is 1. The number of hydrogen-bond donors (Lipinski definition) is 0. The van der Waals surface area contributed by atoms with Crippen LogP contribution in [0.25, 0.3) is 0 Å². The van der Waals surface area contributed by atoms with E-state index in [1.165, 1.54) is 58.0 Å². The minimum absolute atomic E-state index is 0.425. The summed E-state index contributed by atoms with van der Waals surface area (Å²) in [5, 5.41) is 0. The molecule has 0 N–H and O–H groups in total. The molecule has 2 aliphatic carbocycles. The fourth-order valence-electron chi connectivity index (χ4n) is 4.25. The van der Waals surface area contributed by atoms with Crippen LogP contribution >= 0.6 is 0 Å². The standard InChI is InChI=1S/C15H24N2O/c18-14(13-9-15(13)5-4-6-15)17-10-12(11-17)16-7-2-1-3-8-16/h12-13H,1-11H2. The molecule has 0 aromatic heterocycles. The van der Waals surface area contributed by atoms with Crippen molar-refractivity contribution in [3.05, 3.63) is 0 Å². The van der Waals surface area contributed by atoms with Gasteiger partial charge in [0.05, 0.1) is 0 Å². The summed E-state index contributed by atoms with van der Waals surface area (Å²) in [7, 11) is 0.